The lowest BCUT2D eigenvalue weighted by Gasteiger charge is -2.31. The van der Waals surface area contributed by atoms with Gasteiger partial charge in [0.1, 0.15) is 11.2 Å². The van der Waals surface area contributed by atoms with Gasteiger partial charge < -0.3 is 4.42 Å². The van der Waals surface area contributed by atoms with E-state index in [0.717, 1.165) is 21.9 Å². The maximum absolute atomic E-state index is 6.59. The summed E-state index contributed by atoms with van der Waals surface area (Å²) >= 11 is 0. The van der Waals surface area contributed by atoms with E-state index in [9.17, 15) is 0 Å². The van der Waals surface area contributed by atoms with E-state index in [0.29, 0.717) is 0 Å². The Hall–Kier alpha value is -5.92. The zero-order valence-electron chi connectivity index (χ0n) is 24.9. The first-order chi connectivity index (χ1) is 22.8. The van der Waals surface area contributed by atoms with Crippen molar-refractivity contribution in [2.24, 2.45) is 0 Å². The van der Waals surface area contributed by atoms with E-state index in [1.54, 1.807) is 0 Å². The molecule has 0 saturated carbocycles. The molecule has 0 atom stereocenters. The molecule has 1 heteroatoms. The molecule has 1 nitrogen and oxygen atoms in total. The normalized spacial score (nSPS) is 13.8. The van der Waals surface area contributed by atoms with Gasteiger partial charge in [0.25, 0.3) is 0 Å². The highest BCUT2D eigenvalue weighted by Gasteiger charge is 2.52. The standard InChI is InChI=1S/C45H26O/c1-2-12-28-25-42-37(23-27(28)11-1)34-22-21-30(26-41(34)46-42)36-24-29-13-3-4-14-31(29)44-43(36)35-17-7-10-20-40(35)45(44)38-18-8-5-15-32(38)33-16-6-9-19-39(33)45/h1-26H. The smallest absolute Gasteiger partial charge is 0.136 e. The maximum Gasteiger partial charge on any atom is 0.136 e. The molecule has 8 aromatic carbocycles. The Morgan fingerprint density at radius 3 is 1.67 bits per heavy atom. The molecule has 0 radical (unpaired) electrons. The molecule has 0 N–H and O–H groups in total. The summed E-state index contributed by atoms with van der Waals surface area (Å²) in [4.78, 5) is 0. The van der Waals surface area contributed by atoms with Crippen LogP contribution in [0.15, 0.2) is 162 Å². The van der Waals surface area contributed by atoms with Crippen LogP contribution in [0.2, 0.25) is 0 Å². The van der Waals surface area contributed by atoms with E-state index in [-0.39, 0.29) is 0 Å². The zero-order valence-corrected chi connectivity index (χ0v) is 24.9. The number of fused-ring (bicyclic) bond motifs is 16. The van der Waals surface area contributed by atoms with E-state index < -0.39 is 5.41 Å². The van der Waals surface area contributed by atoms with Crippen molar-refractivity contribution < 1.29 is 4.42 Å². The summed E-state index contributed by atoms with van der Waals surface area (Å²) < 4.78 is 6.59. The average Bonchev–Trinajstić information content (AvgIpc) is 3.74. The van der Waals surface area contributed by atoms with Crippen molar-refractivity contribution in [3.8, 4) is 33.4 Å². The molecule has 1 aromatic heterocycles. The summed E-state index contributed by atoms with van der Waals surface area (Å²) in [6.45, 7) is 0. The minimum absolute atomic E-state index is 0.404. The molecular formula is C45H26O. The van der Waals surface area contributed by atoms with Crippen LogP contribution in [-0.2, 0) is 5.41 Å². The van der Waals surface area contributed by atoms with Crippen LogP contribution in [0.4, 0.5) is 0 Å². The van der Waals surface area contributed by atoms with E-state index in [2.05, 4.69) is 158 Å². The van der Waals surface area contributed by atoms with Crippen LogP contribution in [0.5, 0.6) is 0 Å². The Kier molecular flexibility index (Phi) is 4.57. The fraction of sp³-hybridized carbons (Fsp3) is 0.0222. The minimum Gasteiger partial charge on any atom is -0.456 e. The predicted molar refractivity (Wildman–Crippen MR) is 190 cm³/mol. The third-order valence-electron chi connectivity index (χ3n) is 10.6. The second-order valence-corrected chi connectivity index (χ2v) is 12.8. The maximum atomic E-state index is 6.59. The molecule has 46 heavy (non-hydrogen) atoms. The Balaban J connectivity index is 1.27. The molecule has 9 aromatic rings. The molecule has 1 spiro atoms. The van der Waals surface area contributed by atoms with Crippen molar-refractivity contribution in [1.29, 1.82) is 0 Å². The van der Waals surface area contributed by atoms with Gasteiger partial charge in [-0.25, -0.2) is 0 Å². The molecule has 1 heterocycles. The van der Waals surface area contributed by atoms with Crippen molar-refractivity contribution >= 4 is 43.5 Å². The molecule has 212 valence electrons. The van der Waals surface area contributed by atoms with Crippen LogP contribution in [0.25, 0.3) is 76.9 Å². The second-order valence-electron chi connectivity index (χ2n) is 12.8. The molecule has 2 aliphatic rings. The first-order valence-electron chi connectivity index (χ1n) is 16.0. The molecule has 0 unspecified atom stereocenters. The van der Waals surface area contributed by atoms with Crippen LogP contribution in [0.1, 0.15) is 22.3 Å². The Labute approximate surface area is 266 Å². The van der Waals surface area contributed by atoms with Gasteiger partial charge in [-0.2, -0.15) is 0 Å². The quantitative estimate of drug-likeness (QED) is 0.188. The molecule has 11 rings (SSSR count). The fourth-order valence-electron chi connectivity index (χ4n) is 8.83. The zero-order chi connectivity index (χ0) is 30.0. The molecule has 0 amide bonds. The van der Waals surface area contributed by atoms with Crippen molar-refractivity contribution in [3.63, 3.8) is 0 Å². The number of hydrogen-bond donors (Lipinski definition) is 0. The third kappa shape index (κ3) is 2.91. The first-order valence-corrected chi connectivity index (χ1v) is 16.0. The summed E-state index contributed by atoms with van der Waals surface area (Å²) in [5.41, 5.74) is 14.6. The third-order valence-corrected chi connectivity index (χ3v) is 10.6. The lowest BCUT2D eigenvalue weighted by molar-refractivity contribution is 0.669. The van der Waals surface area contributed by atoms with Crippen molar-refractivity contribution in [2.45, 2.75) is 5.41 Å². The minimum atomic E-state index is -0.404. The highest BCUT2D eigenvalue weighted by atomic mass is 16.3. The average molecular weight is 583 g/mol. The van der Waals surface area contributed by atoms with E-state index >= 15 is 0 Å². The van der Waals surface area contributed by atoms with E-state index in [1.165, 1.54) is 77.2 Å². The lowest BCUT2D eigenvalue weighted by atomic mass is 9.69. The Morgan fingerprint density at radius 2 is 0.935 bits per heavy atom. The van der Waals surface area contributed by atoms with Gasteiger partial charge >= 0.3 is 0 Å². The molecule has 0 saturated heterocycles. The van der Waals surface area contributed by atoms with Gasteiger partial charge in [0.2, 0.25) is 0 Å². The van der Waals surface area contributed by atoms with Gasteiger partial charge in [-0.1, -0.05) is 127 Å². The molecule has 0 fully saturated rings. The highest BCUT2D eigenvalue weighted by Crippen LogP contribution is 2.65. The summed E-state index contributed by atoms with van der Waals surface area (Å²) in [6.07, 6.45) is 0. The van der Waals surface area contributed by atoms with Gasteiger partial charge in [0, 0.05) is 10.8 Å². The number of benzene rings is 8. The predicted octanol–water partition coefficient (Wildman–Crippen LogP) is 11.9. The van der Waals surface area contributed by atoms with Crippen LogP contribution >= 0.6 is 0 Å². The number of furan rings is 1. The number of rotatable bonds is 1. The summed E-state index contributed by atoms with van der Waals surface area (Å²) in [5.74, 6) is 0. The van der Waals surface area contributed by atoms with Gasteiger partial charge in [-0.05, 0) is 108 Å². The molecular weight excluding hydrogens is 556 g/mol. The fourth-order valence-corrected chi connectivity index (χ4v) is 8.83. The first kappa shape index (κ1) is 24.4. The summed E-state index contributed by atoms with van der Waals surface area (Å²) in [6, 6.07) is 58.3. The van der Waals surface area contributed by atoms with Crippen molar-refractivity contribution in [1.82, 2.24) is 0 Å². The SMILES string of the molecule is c1ccc2c(c1)-c1ccccc1C21c2ccccc2-c2c(-c3ccc4c(c3)oc3cc5ccccc5cc34)cc3ccccc3c21. The molecule has 0 bridgehead atoms. The Morgan fingerprint density at radius 1 is 0.370 bits per heavy atom. The monoisotopic (exact) mass is 582 g/mol. The van der Waals surface area contributed by atoms with Crippen molar-refractivity contribution in [3.05, 3.63) is 180 Å². The van der Waals surface area contributed by atoms with Gasteiger partial charge in [-0.15, -0.1) is 0 Å². The van der Waals surface area contributed by atoms with Crippen LogP contribution < -0.4 is 0 Å². The van der Waals surface area contributed by atoms with Gasteiger partial charge in [-0.3, -0.25) is 0 Å². The number of hydrogen-bond acceptors (Lipinski definition) is 1. The summed E-state index contributed by atoms with van der Waals surface area (Å²) in [7, 11) is 0. The van der Waals surface area contributed by atoms with Gasteiger partial charge in [0.15, 0.2) is 0 Å². The second kappa shape index (κ2) is 8.62. The van der Waals surface area contributed by atoms with Gasteiger partial charge in [0.05, 0.1) is 5.41 Å². The van der Waals surface area contributed by atoms with Crippen LogP contribution in [0, 0.1) is 0 Å². The Bertz CT molecular complexity index is 2710. The lowest BCUT2D eigenvalue weighted by Crippen LogP contribution is -2.26. The van der Waals surface area contributed by atoms with Crippen LogP contribution in [-0.4, -0.2) is 0 Å². The highest BCUT2D eigenvalue weighted by molar-refractivity contribution is 6.13. The van der Waals surface area contributed by atoms with Crippen molar-refractivity contribution in [2.75, 3.05) is 0 Å². The molecule has 0 aliphatic heterocycles. The molecule has 2 aliphatic carbocycles. The van der Waals surface area contributed by atoms with E-state index in [4.69, 9.17) is 4.42 Å². The largest absolute Gasteiger partial charge is 0.456 e. The van der Waals surface area contributed by atoms with E-state index in [1.807, 2.05) is 0 Å². The topological polar surface area (TPSA) is 13.1 Å². The van der Waals surface area contributed by atoms with Crippen LogP contribution in [0.3, 0.4) is 0 Å². The summed E-state index contributed by atoms with van der Waals surface area (Å²) in [5, 5.41) is 7.29.